The van der Waals surface area contributed by atoms with Crippen LogP contribution in [0.3, 0.4) is 0 Å². The van der Waals surface area contributed by atoms with Crippen LogP contribution in [0.1, 0.15) is 18.9 Å². The van der Waals surface area contributed by atoms with E-state index in [-0.39, 0.29) is 35.5 Å². The molecule has 3 amide bonds. The predicted octanol–water partition coefficient (Wildman–Crippen LogP) is 3.39. The number of anilines is 1. The summed E-state index contributed by atoms with van der Waals surface area (Å²) in [6, 6.07) is 2.81. The number of nitrogens with one attached hydrogen (secondary N) is 1. The number of carbonyl (C=O) groups excluding carboxylic acids is 3. The van der Waals surface area contributed by atoms with Gasteiger partial charge in [0, 0.05) is 5.02 Å². The summed E-state index contributed by atoms with van der Waals surface area (Å²) in [5.74, 6) is -1.20. The lowest BCUT2D eigenvalue weighted by Crippen LogP contribution is -2.46. The highest BCUT2D eigenvalue weighted by atomic mass is 35.5. The predicted molar refractivity (Wildman–Crippen MR) is 107 cm³/mol. The zero-order chi connectivity index (χ0) is 19.7. The molecule has 2 fully saturated rings. The van der Waals surface area contributed by atoms with E-state index in [0.717, 1.165) is 21.6 Å². The lowest BCUT2D eigenvalue weighted by atomic mass is 9.85. The Balaban J connectivity index is 1.36. The van der Waals surface area contributed by atoms with Crippen molar-refractivity contribution in [3.8, 4) is 0 Å². The molecule has 2 heterocycles. The summed E-state index contributed by atoms with van der Waals surface area (Å²) in [5, 5.41) is 3.80. The average Bonchev–Trinajstić information content (AvgIpc) is 3.39. The molecule has 28 heavy (non-hydrogen) atoms. The fourth-order valence-electron chi connectivity index (χ4n) is 4.74. The summed E-state index contributed by atoms with van der Waals surface area (Å²) in [5.41, 5.74) is 1.64. The number of allylic oxidation sites excluding steroid dienone is 2. The molecular formula is C20H18ClN3O3S. The van der Waals surface area contributed by atoms with E-state index < -0.39 is 11.9 Å². The van der Waals surface area contributed by atoms with Crippen LogP contribution in [0, 0.1) is 30.6 Å². The van der Waals surface area contributed by atoms with Crippen LogP contribution in [-0.4, -0.2) is 33.6 Å². The van der Waals surface area contributed by atoms with E-state index in [2.05, 4.69) is 10.3 Å². The molecule has 1 aliphatic heterocycles. The Morgan fingerprint density at radius 3 is 2.54 bits per heavy atom. The van der Waals surface area contributed by atoms with Gasteiger partial charge in [0.05, 0.1) is 22.1 Å². The first-order valence-corrected chi connectivity index (χ1v) is 10.5. The third-order valence-electron chi connectivity index (χ3n) is 6.17. The molecular weight excluding hydrogens is 398 g/mol. The van der Waals surface area contributed by atoms with Crippen LogP contribution < -0.4 is 5.32 Å². The second-order valence-electron chi connectivity index (χ2n) is 7.80. The number of hydrogen-bond acceptors (Lipinski definition) is 5. The number of benzene rings is 1. The molecule has 8 heteroatoms. The van der Waals surface area contributed by atoms with Crippen molar-refractivity contribution >= 4 is 56.0 Å². The summed E-state index contributed by atoms with van der Waals surface area (Å²) in [4.78, 5) is 44.1. The molecule has 3 aliphatic rings. The number of amides is 3. The van der Waals surface area contributed by atoms with E-state index in [4.69, 9.17) is 11.6 Å². The number of halogens is 1. The smallest absolute Gasteiger partial charge is 0.249 e. The monoisotopic (exact) mass is 415 g/mol. The molecule has 2 aromatic rings. The minimum atomic E-state index is -0.873. The lowest BCUT2D eigenvalue weighted by Gasteiger charge is -2.23. The van der Waals surface area contributed by atoms with Crippen molar-refractivity contribution in [3.63, 3.8) is 0 Å². The van der Waals surface area contributed by atoms with Gasteiger partial charge in [0.1, 0.15) is 6.04 Å². The van der Waals surface area contributed by atoms with Crippen molar-refractivity contribution in [3.05, 3.63) is 34.9 Å². The number of nitrogens with zero attached hydrogens (tertiary/aromatic N) is 2. The minimum absolute atomic E-state index is 0.129. The first kappa shape index (κ1) is 17.8. The molecule has 5 rings (SSSR count). The Morgan fingerprint density at radius 2 is 1.89 bits per heavy atom. The van der Waals surface area contributed by atoms with Crippen molar-refractivity contribution < 1.29 is 14.4 Å². The topological polar surface area (TPSA) is 79.4 Å². The van der Waals surface area contributed by atoms with Gasteiger partial charge < -0.3 is 5.32 Å². The molecule has 5 unspecified atom stereocenters. The van der Waals surface area contributed by atoms with Gasteiger partial charge in [0.25, 0.3) is 0 Å². The molecule has 1 aromatic carbocycles. The molecule has 0 spiro atoms. The van der Waals surface area contributed by atoms with E-state index in [1.54, 1.807) is 13.0 Å². The second kappa shape index (κ2) is 6.12. The van der Waals surface area contributed by atoms with Gasteiger partial charge in [-0.25, -0.2) is 4.98 Å². The van der Waals surface area contributed by atoms with Crippen molar-refractivity contribution in [1.29, 1.82) is 0 Å². The first-order valence-electron chi connectivity index (χ1n) is 9.28. The Bertz CT molecular complexity index is 1010. The SMILES string of the molecule is Cc1cc2sc(NC(=O)C(C)N3C(=O)C4C5C=CC(C5)C4C3=O)nc2cc1Cl. The number of hydrogen-bond donors (Lipinski definition) is 1. The van der Waals surface area contributed by atoms with Crippen LogP contribution in [0.5, 0.6) is 0 Å². The van der Waals surface area contributed by atoms with Gasteiger partial charge in [-0.1, -0.05) is 35.1 Å². The van der Waals surface area contributed by atoms with Gasteiger partial charge in [0.15, 0.2) is 5.13 Å². The van der Waals surface area contributed by atoms with E-state index in [1.165, 1.54) is 11.3 Å². The highest BCUT2D eigenvalue weighted by Crippen LogP contribution is 2.52. The van der Waals surface area contributed by atoms with Crippen molar-refractivity contribution in [2.24, 2.45) is 23.7 Å². The van der Waals surface area contributed by atoms with E-state index in [9.17, 15) is 14.4 Å². The number of rotatable bonds is 3. The number of aryl methyl sites for hydroxylation is 1. The van der Waals surface area contributed by atoms with Crippen LogP contribution in [0.15, 0.2) is 24.3 Å². The van der Waals surface area contributed by atoms with E-state index in [0.29, 0.717) is 15.7 Å². The maximum Gasteiger partial charge on any atom is 0.249 e. The number of fused-ring (bicyclic) bond motifs is 6. The number of carbonyl (C=O) groups is 3. The Kier molecular flexibility index (Phi) is 3.90. The summed E-state index contributed by atoms with van der Waals surface area (Å²) in [6.07, 6.45) is 4.95. The maximum atomic E-state index is 12.9. The Labute approximate surface area is 170 Å². The maximum absolute atomic E-state index is 12.9. The molecule has 144 valence electrons. The van der Waals surface area contributed by atoms with Crippen LogP contribution in [-0.2, 0) is 14.4 Å². The molecule has 5 atom stereocenters. The van der Waals surface area contributed by atoms with E-state index >= 15 is 0 Å². The summed E-state index contributed by atoms with van der Waals surface area (Å²) >= 11 is 7.47. The fraction of sp³-hybridized carbons (Fsp3) is 0.400. The number of likely N-dealkylation sites (tertiary alicyclic amines) is 1. The normalized spacial score (nSPS) is 29.0. The Hall–Kier alpha value is -2.25. The molecule has 2 bridgehead atoms. The first-order chi connectivity index (χ1) is 13.3. The molecule has 6 nitrogen and oxygen atoms in total. The minimum Gasteiger partial charge on any atom is -0.300 e. The standard InChI is InChI=1S/C20H18ClN3O3S/c1-8-5-14-13(7-12(8)21)22-20(28-14)23-17(25)9(2)24-18(26)15-10-3-4-11(6-10)16(15)19(24)27/h3-5,7,9-11,15-16H,6H2,1-2H3,(H,22,23,25). The van der Waals surface area contributed by atoms with Crippen LogP contribution in [0.2, 0.25) is 5.02 Å². The highest BCUT2D eigenvalue weighted by Gasteiger charge is 2.60. The molecule has 1 N–H and O–H groups in total. The van der Waals surface area contributed by atoms with Gasteiger partial charge in [-0.05, 0) is 49.8 Å². The fourth-order valence-corrected chi connectivity index (χ4v) is 5.84. The molecule has 2 aliphatic carbocycles. The summed E-state index contributed by atoms with van der Waals surface area (Å²) in [6.45, 7) is 3.50. The largest absolute Gasteiger partial charge is 0.300 e. The molecule has 1 saturated carbocycles. The van der Waals surface area contributed by atoms with Crippen molar-refractivity contribution in [1.82, 2.24) is 9.88 Å². The van der Waals surface area contributed by atoms with Crippen LogP contribution >= 0.6 is 22.9 Å². The van der Waals surface area contributed by atoms with Crippen LogP contribution in [0.4, 0.5) is 5.13 Å². The van der Waals surface area contributed by atoms with Gasteiger partial charge in [0.2, 0.25) is 17.7 Å². The molecule has 1 aromatic heterocycles. The van der Waals surface area contributed by atoms with Crippen LogP contribution in [0.25, 0.3) is 10.2 Å². The number of imide groups is 1. The third kappa shape index (κ3) is 2.46. The van der Waals surface area contributed by atoms with Crippen molar-refractivity contribution in [2.75, 3.05) is 5.32 Å². The lowest BCUT2D eigenvalue weighted by molar-refractivity contribution is -0.146. The number of aromatic nitrogens is 1. The molecule has 0 radical (unpaired) electrons. The van der Waals surface area contributed by atoms with Gasteiger partial charge >= 0.3 is 0 Å². The van der Waals surface area contributed by atoms with Gasteiger partial charge in [-0.3, -0.25) is 19.3 Å². The quantitative estimate of drug-likeness (QED) is 0.615. The van der Waals surface area contributed by atoms with E-state index in [1.807, 2.05) is 25.1 Å². The molecule has 1 saturated heterocycles. The van der Waals surface area contributed by atoms with Gasteiger partial charge in [-0.2, -0.15) is 0 Å². The van der Waals surface area contributed by atoms with Crippen molar-refractivity contribution in [2.45, 2.75) is 26.3 Å². The number of thiazole rings is 1. The second-order valence-corrected chi connectivity index (χ2v) is 9.24. The average molecular weight is 416 g/mol. The third-order valence-corrected chi connectivity index (χ3v) is 7.51. The summed E-state index contributed by atoms with van der Waals surface area (Å²) < 4.78 is 0.912. The zero-order valence-electron chi connectivity index (χ0n) is 15.3. The zero-order valence-corrected chi connectivity index (χ0v) is 16.9. The summed E-state index contributed by atoms with van der Waals surface area (Å²) in [7, 11) is 0. The highest BCUT2D eigenvalue weighted by molar-refractivity contribution is 7.22. The van der Waals surface area contributed by atoms with Gasteiger partial charge in [-0.15, -0.1) is 0 Å². The Morgan fingerprint density at radius 1 is 1.25 bits per heavy atom.